The van der Waals surface area contributed by atoms with E-state index in [-0.39, 0.29) is 6.04 Å². The van der Waals surface area contributed by atoms with Crippen molar-refractivity contribution < 1.29 is 4.74 Å². The molecule has 2 aromatic carbocycles. The number of hydrogen-bond donors (Lipinski definition) is 1. The Balaban J connectivity index is 2.19. The van der Waals surface area contributed by atoms with Crippen LogP contribution in [0.5, 0.6) is 5.75 Å². The number of ether oxygens (including phenoxy) is 1. The third-order valence-corrected chi connectivity index (χ3v) is 4.01. The number of benzene rings is 2. The van der Waals surface area contributed by atoms with Gasteiger partial charge in [-0.3, -0.25) is 0 Å². The van der Waals surface area contributed by atoms with Gasteiger partial charge in [0.15, 0.2) is 0 Å². The van der Waals surface area contributed by atoms with Crippen molar-refractivity contribution in [3.8, 4) is 5.75 Å². The van der Waals surface area contributed by atoms with Crippen molar-refractivity contribution in [3.63, 3.8) is 0 Å². The molecule has 1 aromatic heterocycles. The highest BCUT2D eigenvalue weighted by Gasteiger charge is 2.18. The normalized spacial score (nSPS) is 12.5. The SMILES string of the molecule is COc1ccc2nc(N)n(C(C)c3ccccc3Cl)c2c1. The van der Waals surface area contributed by atoms with E-state index < -0.39 is 0 Å². The van der Waals surface area contributed by atoms with Gasteiger partial charge >= 0.3 is 0 Å². The summed E-state index contributed by atoms with van der Waals surface area (Å²) in [6.45, 7) is 2.05. The van der Waals surface area contributed by atoms with Crippen LogP contribution in [0, 0.1) is 0 Å². The summed E-state index contributed by atoms with van der Waals surface area (Å²) in [4.78, 5) is 4.41. The predicted molar refractivity (Wildman–Crippen MR) is 86.0 cm³/mol. The Morgan fingerprint density at radius 3 is 2.71 bits per heavy atom. The minimum Gasteiger partial charge on any atom is -0.497 e. The van der Waals surface area contributed by atoms with Gasteiger partial charge < -0.3 is 15.0 Å². The van der Waals surface area contributed by atoms with Gasteiger partial charge in [-0.1, -0.05) is 29.8 Å². The van der Waals surface area contributed by atoms with E-state index in [1.54, 1.807) is 7.11 Å². The van der Waals surface area contributed by atoms with Gasteiger partial charge in [0.2, 0.25) is 5.95 Å². The highest BCUT2D eigenvalue weighted by molar-refractivity contribution is 6.31. The van der Waals surface area contributed by atoms with Crippen molar-refractivity contribution in [2.45, 2.75) is 13.0 Å². The molecule has 1 heterocycles. The molecule has 0 spiro atoms. The molecule has 1 atom stereocenters. The van der Waals surface area contributed by atoms with Crippen LogP contribution in [-0.4, -0.2) is 16.7 Å². The van der Waals surface area contributed by atoms with Crippen LogP contribution in [0.3, 0.4) is 0 Å². The van der Waals surface area contributed by atoms with Gasteiger partial charge in [0, 0.05) is 11.1 Å². The minimum atomic E-state index is -0.0178. The molecule has 5 heteroatoms. The van der Waals surface area contributed by atoms with Crippen LogP contribution in [0.2, 0.25) is 5.02 Å². The van der Waals surface area contributed by atoms with Crippen molar-refractivity contribution in [1.29, 1.82) is 0 Å². The molecule has 0 amide bonds. The van der Waals surface area contributed by atoms with Crippen LogP contribution in [0.15, 0.2) is 42.5 Å². The standard InChI is InChI=1S/C16H16ClN3O/c1-10(12-5-3-4-6-13(12)17)20-15-9-11(21-2)7-8-14(15)19-16(20)18/h3-10H,1-2H3,(H2,18,19). The lowest BCUT2D eigenvalue weighted by Crippen LogP contribution is -2.10. The number of anilines is 1. The molecule has 3 rings (SSSR count). The topological polar surface area (TPSA) is 53.1 Å². The molecule has 0 aliphatic carbocycles. The number of aromatic nitrogens is 2. The summed E-state index contributed by atoms with van der Waals surface area (Å²) in [5.74, 6) is 1.24. The quantitative estimate of drug-likeness (QED) is 0.798. The molecular formula is C16H16ClN3O. The molecule has 0 fully saturated rings. The number of nitrogens with zero attached hydrogens (tertiary/aromatic N) is 2. The maximum absolute atomic E-state index is 6.30. The van der Waals surface area contributed by atoms with Crippen molar-refractivity contribution in [3.05, 3.63) is 53.1 Å². The first-order valence-corrected chi connectivity index (χ1v) is 7.05. The smallest absolute Gasteiger partial charge is 0.201 e. The summed E-state index contributed by atoms with van der Waals surface area (Å²) in [6, 6.07) is 13.5. The minimum absolute atomic E-state index is 0.0178. The first-order valence-electron chi connectivity index (χ1n) is 6.67. The van der Waals surface area contributed by atoms with Crippen LogP contribution in [-0.2, 0) is 0 Å². The fraction of sp³-hybridized carbons (Fsp3) is 0.188. The molecule has 4 nitrogen and oxygen atoms in total. The predicted octanol–water partition coefficient (Wildman–Crippen LogP) is 3.89. The molecule has 3 aromatic rings. The van der Waals surface area contributed by atoms with Gasteiger partial charge in [0.1, 0.15) is 5.75 Å². The number of nitrogen functional groups attached to an aromatic ring is 1. The number of rotatable bonds is 3. The van der Waals surface area contributed by atoms with E-state index in [1.807, 2.05) is 47.0 Å². The van der Waals surface area contributed by atoms with E-state index >= 15 is 0 Å². The van der Waals surface area contributed by atoms with E-state index in [1.165, 1.54) is 0 Å². The van der Waals surface area contributed by atoms with Crippen molar-refractivity contribution in [2.75, 3.05) is 12.8 Å². The summed E-state index contributed by atoms with van der Waals surface area (Å²) in [5, 5.41) is 0.717. The summed E-state index contributed by atoms with van der Waals surface area (Å²) < 4.78 is 7.26. The van der Waals surface area contributed by atoms with Gasteiger partial charge in [-0.25, -0.2) is 4.98 Å². The molecule has 0 aliphatic heterocycles. The second kappa shape index (κ2) is 5.30. The number of fused-ring (bicyclic) bond motifs is 1. The molecule has 21 heavy (non-hydrogen) atoms. The maximum Gasteiger partial charge on any atom is 0.201 e. The molecule has 0 saturated carbocycles. The van der Waals surface area contributed by atoms with Crippen molar-refractivity contribution in [2.24, 2.45) is 0 Å². The van der Waals surface area contributed by atoms with Crippen LogP contribution >= 0.6 is 11.6 Å². The fourth-order valence-corrected chi connectivity index (χ4v) is 2.87. The lowest BCUT2D eigenvalue weighted by molar-refractivity contribution is 0.415. The van der Waals surface area contributed by atoms with Gasteiger partial charge in [-0.05, 0) is 30.7 Å². The Kier molecular flexibility index (Phi) is 3.47. The molecule has 108 valence electrons. The molecule has 0 radical (unpaired) electrons. The summed E-state index contributed by atoms with van der Waals surface area (Å²) in [5.41, 5.74) is 8.88. The molecular weight excluding hydrogens is 286 g/mol. The first kappa shape index (κ1) is 13.8. The number of imidazole rings is 1. The molecule has 1 unspecified atom stereocenters. The van der Waals surface area contributed by atoms with Crippen LogP contribution < -0.4 is 10.5 Å². The summed E-state index contributed by atoms with van der Waals surface area (Å²) in [7, 11) is 1.64. The highest BCUT2D eigenvalue weighted by atomic mass is 35.5. The Morgan fingerprint density at radius 1 is 1.24 bits per heavy atom. The number of nitrogens with two attached hydrogens (primary N) is 1. The Morgan fingerprint density at radius 2 is 2.00 bits per heavy atom. The summed E-state index contributed by atoms with van der Waals surface area (Å²) in [6.07, 6.45) is 0. The lowest BCUT2D eigenvalue weighted by atomic mass is 10.1. The van der Waals surface area contributed by atoms with E-state index in [0.717, 1.165) is 22.3 Å². The van der Waals surface area contributed by atoms with E-state index in [0.29, 0.717) is 11.0 Å². The van der Waals surface area contributed by atoms with E-state index in [2.05, 4.69) is 11.9 Å². The fourth-order valence-electron chi connectivity index (χ4n) is 2.58. The van der Waals surface area contributed by atoms with Crippen LogP contribution in [0.1, 0.15) is 18.5 Å². The average Bonchev–Trinajstić information content (AvgIpc) is 2.81. The summed E-state index contributed by atoms with van der Waals surface area (Å²) >= 11 is 6.30. The van der Waals surface area contributed by atoms with Gasteiger partial charge in [-0.2, -0.15) is 0 Å². The molecule has 0 bridgehead atoms. The van der Waals surface area contributed by atoms with Gasteiger partial charge in [-0.15, -0.1) is 0 Å². The number of hydrogen-bond acceptors (Lipinski definition) is 3. The number of methoxy groups -OCH3 is 1. The Labute approximate surface area is 128 Å². The van der Waals surface area contributed by atoms with E-state index in [4.69, 9.17) is 22.1 Å². The zero-order valence-electron chi connectivity index (χ0n) is 11.9. The lowest BCUT2D eigenvalue weighted by Gasteiger charge is -2.18. The second-order valence-corrected chi connectivity index (χ2v) is 5.30. The second-order valence-electron chi connectivity index (χ2n) is 4.89. The van der Waals surface area contributed by atoms with Gasteiger partial charge in [0.25, 0.3) is 0 Å². The first-order chi connectivity index (χ1) is 10.1. The Bertz CT molecular complexity index is 797. The monoisotopic (exact) mass is 301 g/mol. The Hall–Kier alpha value is -2.20. The average molecular weight is 302 g/mol. The third-order valence-electron chi connectivity index (χ3n) is 3.67. The molecule has 2 N–H and O–H groups in total. The van der Waals surface area contributed by atoms with E-state index in [9.17, 15) is 0 Å². The molecule has 0 aliphatic rings. The maximum atomic E-state index is 6.30. The zero-order chi connectivity index (χ0) is 15.0. The van der Waals surface area contributed by atoms with Crippen LogP contribution in [0.4, 0.5) is 5.95 Å². The third kappa shape index (κ3) is 2.32. The largest absolute Gasteiger partial charge is 0.497 e. The number of halogens is 1. The van der Waals surface area contributed by atoms with Crippen LogP contribution in [0.25, 0.3) is 11.0 Å². The van der Waals surface area contributed by atoms with Gasteiger partial charge in [0.05, 0.1) is 24.2 Å². The van der Waals surface area contributed by atoms with Crippen molar-refractivity contribution >= 4 is 28.6 Å². The highest BCUT2D eigenvalue weighted by Crippen LogP contribution is 2.32. The van der Waals surface area contributed by atoms with Crippen molar-refractivity contribution in [1.82, 2.24) is 9.55 Å². The molecule has 0 saturated heterocycles. The zero-order valence-corrected chi connectivity index (χ0v) is 12.6.